The van der Waals surface area contributed by atoms with Gasteiger partial charge in [-0.25, -0.2) is 4.63 Å². The van der Waals surface area contributed by atoms with Gasteiger partial charge in [-0.2, -0.15) is 0 Å². The third-order valence-electron chi connectivity index (χ3n) is 6.85. The maximum absolute atomic E-state index is 13.4. The van der Waals surface area contributed by atoms with Crippen molar-refractivity contribution in [2.75, 3.05) is 32.8 Å². The van der Waals surface area contributed by atoms with Crippen LogP contribution in [0.25, 0.3) is 0 Å². The van der Waals surface area contributed by atoms with Crippen LogP contribution in [0.15, 0.2) is 28.9 Å². The maximum atomic E-state index is 13.4. The Kier molecular flexibility index (Phi) is 8.74. The van der Waals surface area contributed by atoms with E-state index in [4.69, 9.17) is 14.1 Å². The summed E-state index contributed by atoms with van der Waals surface area (Å²) in [6.07, 6.45) is 6.02. The summed E-state index contributed by atoms with van der Waals surface area (Å²) in [4.78, 5) is 30.0. The summed E-state index contributed by atoms with van der Waals surface area (Å²) in [7, 11) is 0. The van der Waals surface area contributed by atoms with Gasteiger partial charge in [-0.3, -0.25) is 9.59 Å². The van der Waals surface area contributed by atoms with E-state index >= 15 is 0 Å². The van der Waals surface area contributed by atoms with Crippen LogP contribution in [0.2, 0.25) is 0 Å². The average Bonchev–Trinajstić information content (AvgIpc) is 3.45. The second-order valence-corrected chi connectivity index (χ2v) is 9.34. The largest absolute Gasteiger partial charge is 0.485 e. The van der Waals surface area contributed by atoms with E-state index in [1.807, 2.05) is 36.1 Å². The molecule has 3 heterocycles. The molecule has 0 N–H and O–H groups in total. The van der Waals surface area contributed by atoms with E-state index in [1.165, 1.54) is 0 Å². The number of para-hydroxylation sites is 1. The summed E-state index contributed by atoms with van der Waals surface area (Å²) >= 11 is 0. The van der Waals surface area contributed by atoms with E-state index in [-0.39, 0.29) is 30.4 Å². The number of fused-ring (bicyclic) bond motifs is 2. The van der Waals surface area contributed by atoms with Crippen LogP contribution < -0.4 is 4.74 Å². The highest BCUT2D eigenvalue weighted by molar-refractivity contribution is 5.97. The van der Waals surface area contributed by atoms with Crippen LogP contribution >= 0.6 is 0 Å². The van der Waals surface area contributed by atoms with Gasteiger partial charge in [-0.05, 0) is 38.8 Å². The molecule has 190 valence electrons. The van der Waals surface area contributed by atoms with Crippen LogP contribution in [0.4, 0.5) is 0 Å². The highest BCUT2D eigenvalue weighted by Crippen LogP contribution is 2.26. The van der Waals surface area contributed by atoms with Crippen molar-refractivity contribution >= 4 is 11.8 Å². The quantitative estimate of drug-likeness (QED) is 0.658. The van der Waals surface area contributed by atoms with Crippen LogP contribution in [0, 0.1) is 6.92 Å². The summed E-state index contributed by atoms with van der Waals surface area (Å²) in [6.45, 7) is 6.63. The van der Waals surface area contributed by atoms with Crippen LogP contribution in [0.5, 0.6) is 5.75 Å². The van der Waals surface area contributed by atoms with Gasteiger partial charge in [0, 0.05) is 19.7 Å². The Labute approximate surface area is 206 Å². The van der Waals surface area contributed by atoms with Crippen LogP contribution in [-0.2, 0) is 16.0 Å². The first-order valence-electron chi connectivity index (χ1n) is 12.8. The standard InChI is InChI=1S/C26H36N4O5/c1-3-29-14-10-6-4-5-7-11-15-33-23-17-30(25(31)16-21-19(2)27-35-28-21)18-24(23)34-22-13-9-8-12-20(22)26(29)32/h8-9,12-13,23-24H,3-7,10-11,14-18H2,1-2H3/t23-,24-/m1/s1. The SMILES string of the molecule is CCN1CCCCCCCCO[C@@H]2CN(C(=O)Cc3nonc3C)C[C@H]2Oc2ccccc2C1=O. The Hall–Kier alpha value is -2.94. The van der Waals surface area contributed by atoms with Crippen molar-refractivity contribution in [2.45, 2.75) is 71.0 Å². The second-order valence-electron chi connectivity index (χ2n) is 9.34. The maximum Gasteiger partial charge on any atom is 0.257 e. The molecule has 4 rings (SSSR count). The molecule has 2 aromatic rings. The van der Waals surface area contributed by atoms with Gasteiger partial charge in [0.15, 0.2) is 0 Å². The minimum Gasteiger partial charge on any atom is -0.485 e. The molecule has 0 unspecified atom stereocenters. The number of rotatable bonds is 3. The molecule has 0 spiro atoms. The summed E-state index contributed by atoms with van der Waals surface area (Å²) in [5.74, 6) is 0.441. The number of hydrogen-bond acceptors (Lipinski definition) is 7. The fourth-order valence-electron chi connectivity index (χ4n) is 4.72. The molecule has 0 radical (unpaired) electrons. The predicted octanol–water partition coefficient (Wildman–Crippen LogP) is 3.41. The van der Waals surface area contributed by atoms with Crippen molar-refractivity contribution in [3.63, 3.8) is 0 Å². The molecular weight excluding hydrogens is 448 g/mol. The van der Waals surface area contributed by atoms with Gasteiger partial charge in [0.1, 0.15) is 29.3 Å². The number of carbonyl (C=O) groups excluding carboxylic acids is 2. The Morgan fingerprint density at radius 1 is 1.03 bits per heavy atom. The lowest BCUT2D eigenvalue weighted by molar-refractivity contribution is -0.130. The van der Waals surface area contributed by atoms with Crippen molar-refractivity contribution in [1.82, 2.24) is 20.1 Å². The molecule has 2 atom stereocenters. The second kappa shape index (κ2) is 12.2. The number of nitrogens with zero attached hydrogens (tertiary/aromatic N) is 4. The molecular formula is C26H36N4O5. The summed E-state index contributed by atoms with van der Waals surface area (Å²) in [5, 5.41) is 7.61. The minimum atomic E-state index is -0.368. The lowest BCUT2D eigenvalue weighted by atomic mass is 10.1. The van der Waals surface area contributed by atoms with Gasteiger partial charge < -0.3 is 19.3 Å². The number of aromatic nitrogens is 2. The first-order valence-corrected chi connectivity index (χ1v) is 12.8. The fourth-order valence-corrected chi connectivity index (χ4v) is 4.72. The number of carbonyl (C=O) groups is 2. The van der Waals surface area contributed by atoms with Gasteiger partial charge in [-0.15, -0.1) is 0 Å². The summed E-state index contributed by atoms with van der Waals surface area (Å²) in [6, 6.07) is 7.38. The molecule has 0 saturated carbocycles. The molecule has 1 fully saturated rings. The molecule has 0 aliphatic carbocycles. The van der Waals surface area contributed by atoms with Crippen molar-refractivity contribution in [2.24, 2.45) is 0 Å². The smallest absolute Gasteiger partial charge is 0.257 e. The third-order valence-corrected chi connectivity index (χ3v) is 6.85. The van der Waals surface area contributed by atoms with E-state index in [0.717, 1.165) is 45.1 Å². The average molecular weight is 485 g/mol. The molecule has 1 saturated heterocycles. The van der Waals surface area contributed by atoms with Crippen LogP contribution in [-0.4, -0.2) is 76.9 Å². The molecule has 2 aliphatic rings. The molecule has 1 aromatic heterocycles. The van der Waals surface area contributed by atoms with Crippen molar-refractivity contribution < 1.29 is 23.7 Å². The van der Waals surface area contributed by atoms with Crippen molar-refractivity contribution in [1.29, 1.82) is 0 Å². The molecule has 2 aliphatic heterocycles. The monoisotopic (exact) mass is 484 g/mol. The van der Waals surface area contributed by atoms with Crippen LogP contribution in [0.3, 0.4) is 0 Å². The van der Waals surface area contributed by atoms with Crippen LogP contribution in [0.1, 0.15) is 67.2 Å². The molecule has 2 amide bonds. The van der Waals surface area contributed by atoms with Crippen molar-refractivity contribution in [3.05, 3.63) is 41.2 Å². The number of ether oxygens (including phenoxy) is 2. The number of amides is 2. The summed E-state index contributed by atoms with van der Waals surface area (Å²) < 4.78 is 17.4. The van der Waals surface area contributed by atoms with E-state index in [1.54, 1.807) is 11.8 Å². The number of likely N-dealkylation sites (tertiary alicyclic amines) is 1. The number of hydrogen-bond donors (Lipinski definition) is 0. The summed E-state index contributed by atoms with van der Waals surface area (Å²) in [5.41, 5.74) is 1.70. The molecule has 0 bridgehead atoms. The molecule has 9 nitrogen and oxygen atoms in total. The zero-order chi connectivity index (χ0) is 24.6. The Balaban J connectivity index is 1.53. The van der Waals surface area contributed by atoms with Gasteiger partial charge in [0.05, 0.1) is 25.1 Å². The Bertz CT molecular complexity index is 994. The van der Waals surface area contributed by atoms with E-state index in [9.17, 15) is 9.59 Å². The Morgan fingerprint density at radius 3 is 2.54 bits per heavy atom. The normalized spacial score (nSPS) is 22.4. The highest BCUT2D eigenvalue weighted by atomic mass is 16.6. The van der Waals surface area contributed by atoms with Crippen molar-refractivity contribution in [3.8, 4) is 5.75 Å². The zero-order valence-electron chi connectivity index (χ0n) is 20.8. The fraction of sp³-hybridized carbons (Fsp3) is 0.615. The first kappa shape index (κ1) is 25.2. The van der Waals surface area contributed by atoms with E-state index < -0.39 is 0 Å². The van der Waals surface area contributed by atoms with E-state index in [0.29, 0.717) is 48.9 Å². The van der Waals surface area contributed by atoms with Gasteiger partial charge in [-0.1, -0.05) is 48.1 Å². The first-order chi connectivity index (χ1) is 17.1. The number of benzene rings is 1. The van der Waals surface area contributed by atoms with Gasteiger partial charge in [0.2, 0.25) is 5.91 Å². The van der Waals surface area contributed by atoms with Gasteiger partial charge in [0.25, 0.3) is 5.91 Å². The third kappa shape index (κ3) is 6.39. The number of aryl methyl sites for hydroxylation is 1. The predicted molar refractivity (Wildman–Crippen MR) is 129 cm³/mol. The lowest BCUT2D eigenvalue weighted by Crippen LogP contribution is -2.35. The Morgan fingerprint density at radius 2 is 1.77 bits per heavy atom. The lowest BCUT2D eigenvalue weighted by Gasteiger charge is -2.25. The van der Waals surface area contributed by atoms with E-state index in [2.05, 4.69) is 10.3 Å². The zero-order valence-corrected chi connectivity index (χ0v) is 20.8. The highest BCUT2D eigenvalue weighted by Gasteiger charge is 2.38. The molecule has 1 aromatic carbocycles. The topological polar surface area (TPSA) is 98.0 Å². The van der Waals surface area contributed by atoms with Gasteiger partial charge >= 0.3 is 0 Å². The minimum absolute atomic E-state index is 0.0207. The molecule has 35 heavy (non-hydrogen) atoms. The molecule has 9 heteroatoms.